The monoisotopic (exact) mass is 415 g/mol. The van der Waals surface area contributed by atoms with Crippen molar-refractivity contribution in [3.05, 3.63) is 100 Å². The van der Waals surface area contributed by atoms with E-state index in [2.05, 4.69) is 0 Å². The number of aryl methyl sites for hydroxylation is 1. The molecule has 1 aliphatic rings. The number of allylic oxidation sites excluding steroid dienone is 1. The van der Waals surface area contributed by atoms with Crippen LogP contribution in [0.2, 0.25) is 5.02 Å². The Balaban J connectivity index is 1.39. The maximum atomic E-state index is 12.8. The van der Waals surface area contributed by atoms with Crippen LogP contribution in [-0.4, -0.2) is 10.4 Å². The van der Waals surface area contributed by atoms with Gasteiger partial charge in [-0.25, -0.2) is 0 Å². The Morgan fingerprint density at radius 3 is 2.80 bits per heavy atom. The minimum Gasteiger partial charge on any atom is -0.489 e. The fourth-order valence-electron chi connectivity index (χ4n) is 3.68. The third kappa shape index (κ3) is 3.36. The summed E-state index contributed by atoms with van der Waals surface area (Å²) in [4.78, 5) is 12.8. The summed E-state index contributed by atoms with van der Waals surface area (Å²) >= 11 is 6.02. The summed E-state index contributed by atoms with van der Waals surface area (Å²) in [5.74, 6) is 1.33. The van der Waals surface area contributed by atoms with Crippen LogP contribution < -0.4 is 9.47 Å². The molecule has 3 aromatic carbocycles. The molecule has 2 heterocycles. The van der Waals surface area contributed by atoms with Gasteiger partial charge in [-0.3, -0.25) is 4.79 Å². The molecule has 5 heteroatoms. The number of aromatic nitrogens is 1. The van der Waals surface area contributed by atoms with Gasteiger partial charge >= 0.3 is 0 Å². The van der Waals surface area contributed by atoms with Gasteiger partial charge in [-0.2, -0.15) is 0 Å². The van der Waals surface area contributed by atoms with Gasteiger partial charge in [0.25, 0.3) is 0 Å². The van der Waals surface area contributed by atoms with E-state index in [-0.39, 0.29) is 5.78 Å². The van der Waals surface area contributed by atoms with Gasteiger partial charge in [-0.15, -0.1) is 0 Å². The van der Waals surface area contributed by atoms with Crippen LogP contribution in [0.1, 0.15) is 21.5 Å². The summed E-state index contributed by atoms with van der Waals surface area (Å²) in [5.41, 5.74) is 3.55. The molecule has 30 heavy (non-hydrogen) atoms. The predicted molar refractivity (Wildman–Crippen MR) is 118 cm³/mol. The van der Waals surface area contributed by atoms with Crippen LogP contribution in [0, 0.1) is 0 Å². The fourth-order valence-corrected chi connectivity index (χ4v) is 3.89. The Labute approximate surface area is 178 Å². The van der Waals surface area contributed by atoms with Crippen molar-refractivity contribution in [1.29, 1.82) is 0 Å². The van der Waals surface area contributed by atoms with E-state index in [0.29, 0.717) is 34.5 Å². The lowest BCUT2D eigenvalue weighted by molar-refractivity contribution is 0.101. The van der Waals surface area contributed by atoms with Gasteiger partial charge in [0, 0.05) is 40.8 Å². The number of hydrogen-bond donors (Lipinski definition) is 0. The van der Waals surface area contributed by atoms with Crippen molar-refractivity contribution in [2.24, 2.45) is 7.05 Å². The summed E-state index contributed by atoms with van der Waals surface area (Å²) in [6.45, 7) is 0.381. The van der Waals surface area contributed by atoms with Crippen LogP contribution in [0.5, 0.6) is 11.5 Å². The summed E-state index contributed by atoms with van der Waals surface area (Å²) < 4.78 is 13.8. The van der Waals surface area contributed by atoms with Crippen LogP contribution in [0.4, 0.5) is 0 Å². The average Bonchev–Trinajstić information content (AvgIpc) is 3.23. The zero-order valence-electron chi connectivity index (χ0n) is 16.3. The summed E-state index contributed by atoms with van der Waals surface area (Å²) in [5, 5.41) is 1.74. The molecule has 0 bridgehead atoms. The highest BCUT2D eigenvalue weighted by atomic mass is 35.5. The van der Waals surface area contributed by atoms with Crippen LogP contribution in [0.25, 0.3) is 17.0 Å². The number of ketones is 1. The standard InChI is InChI=1S/C25H18ClNO3/c1-27-14-17(20-7-2-3-8-22(20)27)12-24-25(28)21-10-9-19(13-23(21)30-24)29-15-16-5-4-6-18(26)11-16/h2-14H,15H2,1H3/b24-12-. The molecule has 0 atom stereocenters. The fraction of sp³-hybridized carbons (Fsp3) is 0.0800. The molecule has 5 rings (SSSR count). The zero-order chi connectivity index (χ0) is 20.7. The van der Waals surface area contributed by atoms with E-state index < -0.39 is 0 Å². The Morgan fingerprint density at radius 2 is 1.93 bits per heavy atom. The maximum Gasteiger partial charge on any atom is 0.231 e. The Kier molecular flexibility index (Phi) is 4.57. The SMILES string of the molecule is Cn1cc(/C=C2\Oc3cc(OCc4cccc(Cl)c4)ccc3C2=O)c2ccccc21. The molecule has 0 fully saturated rings. The first kappa shape index (κ1) is 18.5. The molecule has 0 unspecified atom stereocenters. The van der Waals surface area contributed by atoms with E-state index in [0.717, 1.165) is 22.0 Å². The number of carbonyl (C=O) groups is 1. The van der Waals surface area contributed by atoms with Crippen molar-refractivity contribution in [1.82, 2.24) is 4.57 Å². The second-order valence-corrected chi connectivity index (χ2v) is 7.67. The molecule has 4 nitrogen and oxygen atoms in total. The number of ether oxygens (including phenoxy) is 2. The molecule has 0 saturated heterocycles. The Hall–Kier alpha value is -3.50. The molecule has 0 radical (unpaired) electrons. The van der Waals surface area contributed by atoms with E-state index in [9.17, 15) is 4.79 Å². The lowest BCUT2D eigenvalue weighted by Gasteiger charge is -2.07. The van der Waals surface area contributed by atoms with Crippen molar-refractivity contribution in [3.8, 4) is 11.5 Å². The molecule has 1 aliphatic heterocycles. The van der Waals surface area contributed by atoms with Gasteiger partial charge in [0.2, 0.25) is 5.78 Å². The largest absolute Gasteiger partial charge is 0.489 e. The quantitative estimate of drug-likeness (QED) is 0.382. The normalized spacial score (nSPS) is 14.2. The first-order chi connectivity index (χ1) is 14.6. The van der Waals surface area contributed by atoms with Gasteiger partial charge in [0.05, 0.1) is 5.56 Å². The molecular weight excluding hydrogens is 398 g/mol. The maximum absolute atomic E-state index is 12.8. The van der Waals surface area contributed by atoms with Crippen LogP contribution in [0.3, 0.4) is 0 Å². The minimum absolute atomic E-state index is 0.126. The number of carbonyl (C=O) groups excluding carboxylic acids is 1. The number of halogens is 1. The third-order valence-corrected chi connectivity index (χ3v) is 5.39. The highest BCUT2D eigenvalue weighted by Crippen LogP contribution is 2.36. The molecule has 0 saturated carbocycles. The summed E-state index contributed by atoms with van der Waals surface area (Å²) in [7, 11) is 1.99. The van der Waals surface area contributed by atoms with E-state index >= 15 is 0 Å². The van der Waals surface area contributed by atoms with Crippen LogP contribution in [-0.2, 0) is 13.7 Å². The third-order valence-electron chi connectivity index (χ3n) is 5.15. The topological polar surface area (TPSA) is 40.5 Å². The lowest BCUT2D eigenvalue weighted by atomic mass is 10.1. The van der Waals surface area contributed by atoms with Gasteiger partial charge in [0.15, 0.2) is 5.76 Å². The molecule has 4 aromatic rings. The van der Waals surface area contributed by atoms with Gasteiger partial charge < -0.3 is 14.0 Å². The van der Waals surface area contributed by atoms with Crippen molar-refractivity contribution in [2.75, 3.05) is 0 Å². The number of nitrogens with zero attached hydrogens (tertiary/aromatic N) is 1. The molecule has 0 aliphatic carbocycles. The van der Waals surface area contributed by atoms with Gasteiger partial charge in [0.1, 0.15) is 18.1 Å². The smallest absolute Gasteiger partial charge is 0.231 e. The van der Waals surface area contributed by atoms with Crippen LogP contribution in [0.15, 0.2) is 78.7 Å². The van der Waals surface area contributed by atoms with Crippen molar-refractivity contribution < 1.29 is 14.3 Å². The second-order valence-electron chi connectivity index (χ2n) is 7.23. The molecule has 1 aromatic heterocycles. The molecule has 0 amide bonds. The number of para-hydroxylation sites is 1. The van der Waals surface area contributed by atoms with E-state index in [1.165, 1.54) is 0 Å². The van der Waals surface area contributed by atoms with Gasteiger partial charge in [-0.05, 0) is 42.0 Å². The summed E-state index contributed by atoms with van der Waals surface area (Å²) in [6.07, 6.45) is 3.80. The Morgan fingerprint density at radius 1 is 1.07 bits per heavy atom. The predicted octanol–water partition coefficient (Wildman–Crippen LogP) is 6.03. The van der Waals surface area contributed by atoms with E-state index in [1.807, 2.05) is 66.3 Å². The number of rotatable bonds is 4. The molecule has 148 valence electrons. The zero-order valence-corrected chi connectivity index (χ0v) is 17.0. The molecular formula is C25H18ClNO3. The Bertz CT molecular complexity index is 1320. The van der Waals surface area contributed by atoms with Crippen molar-refractivity contribution in [3.63, 3.8) is 0 Å². The number of benzene rings is 3. The van der Waals surface area contributed by atoms with Crippen molar-refractivity contribution in [2.45, 2.75) is 6.61 Å². The van der Waals surface area contributed by atoms with Gasteiger partial charge in [-0.1, -0.05) is 41.9 Å². The highest BCUT2D eigenvalue weighted by molar-refractivity contribution is 6.30. The first-order valence-electron chi connectivity index (χ1n) is 9.58. The second kappa shape index (κ2) is 7.39. The van der Waals surface area contributed by atoms with Crippen LogP contribution >= 0.6 is 11.6 Å². The van der Waals surface area contributed by atoms with E-state index in [1.54, 1.807) is 24.3 Å². The molecule has 0 N–H and O–H groups in total. The lowest BCUT2D eigenvalue weighted by Crippen LogP contribution is -1.97. The first-order valence-corrected chi connectivity index (χ1v) is 9.96. The average molecular weight is 416 g/mol. The summed E-state index contributed by atoms with van der Waals surface area (Å²) in [6, 6.07) is 20.9. The van der Waals surface area contributed by atoms with E-state index in [4.69, 9.17) is 21.1 Å². The minimum atomic E-state index is -0.126. The number of Topliss-reactive ketones (excluding diaryl/α,β-unsaturated/α-hetero) is 1. The highest BCUT2D eigenvalue weighted by Gasteiger charge is 2.28. The van der Waals surface area contributed by atoms with Crippen molar-refractivity contribution >= 4 is 34.4 Å². The number of hydrogen-bond acceptors (Lipinski definition) is 3. The molecule has 0 spiro atoms. The number of fused-ring (bicyclic) bond motifs is 2.